The Balaban J connectivity index is 1.44. The van der Waals surface area contributed by atoms with Crippen LogP contribution in [0.15, 0.2) is 73.4 Å². The molecule has 0 spiro atoms. The summed E-state index contributed by atoms with van der Waals surface area (Å²) < 4.78 is 39.9. The number of halogens is 1. The van der Waals surface area contributed by atoms with Crippen molar-refractivity contribution in [1.29, 1.82) is 0 Å². The van der Waals surface area contributed by atoms with Gasteiger partial charge in [-0.2, -0.15) is 5.10 Å². The summed E-state index contributed by atoms with van der Waals surface area (Å²) in [6, 6.07) is 14.2. The second-order valence-electron chi connectivity index (χ2n) is 8.70. The molecule has 0 aliphatic carbocycles. The summed E-state index contributed by atoms with van der Waals surface area (Å²) in [6.45, 7) is -0.0218. The Morgan fingerprint density at radius 1 is 0.892 bits per heavy atom. The molecule has 184 valence electrons. The number of fused-ring (bicyclic) bond motifs is 2. The van der Waals surface area contributed by atoms with Crippen LogP contribution < -0.4 is 4.72 Å². The predicted octanol–water partition coefficient (Wildman–Crippen LogP) is 4.42. The largest absolute Gasteiger partial charge is 0.353 e. The van der Waals surface area contributed by atoms with Crippen LogP contribution in [0.5, 0.6) is 0 Å². The van der Waals surface area contributed by atoms with Crippen LogP contribution in [0.25, 0.3) is 55.6 Å². The minimum Gasteiger partial charge on any atom is -0.353 e. The molecular weight excluding hydrogens is 493 g/mol. The summed E-state index contributed by atoms with van der Waals surface area (Å²) in [7, 11) is -3.42. The van der Waals surface area contributed by atoms with Gasteiger partial charge in [0.2, 0.25) is 10.0 Å². The molecule has 3 N–H and O–H groups in total. The van der Waals surface area contributed by atoms with Crippen molar-refractivity contribution in [1.82, 2.24) is 34.9 Å². The Kier molecular flexibility index (Phi) is 5.50. The number of sulfonamides is 1. The minimum absolute atomic E-state index is 0.0218. The van der Waals surface area contributed by atoms with Crippen LogP contribution in [-0.2, 0) is 16.6 Å². The highest BCUT2D eigenvalue weighted by Crippen LogP contribution is 2.34. The van der Waals surface area contributed by atoms with Crippen LogP contribution in [0.1, 0.15) is 5.56 Å². The van der Waals surface area contributed by atoms with Gasteiger partial charge in [-0.1, -0.05) is 6.07 Å². The first-order chi connectivity index (χ1) is 17.8. The first-order valence-electron chi connectivity index (χ1n) is 11.3. The number of nitrogens with zero attached hydrogens (tertiary/aromatic N) is 4. The number of hydrogen-bond donors (Lipinski definition) is 3. The molecule has 0 fully saturated rings. The van der Waals surface area contributed by atoms with E-state index < -0.39 is 15.8 Å². The van der Waals surface area contributed by atoms with Gasteiger partial charge in [-0.05, 0) is 53.6 Å². The van der Waals surface area contributed by atoms with Gasteiger partial charge in [-0.25, -0.2) is 27.5 Å². The fraction of sp³-hybridized carbons (Fsp3) is 0.0769. The van der Waals surface area contributed by atoms with Gasteiger partial charge in [0.05, 0.1) is 23.2 Å². The van der Waals surface area contributed by atoms with E-state index in [1.807, 2.05) is 30.3 Å². The Bertz CT molecular complexity index is 1880. The number of pyridine rings is 1. The average Bonchev–Trinajstić information content (AvgIpc) is 3.51. The van der Waals surface area contributed by atoms with Crippen LogP contribution in [0.4, 0.5) is 4.39 Å². The lowest BCUT2D eigenvalue weighted by Gasteiger charge is -2.08. The Labute approximate surface area is 210 Å². The molecule has 37 heavy (non-hydrogen) atoms. The van der Waals surface area contributed by atoms with E-state index >= 15 is 0 Å². The van der Waals surface area contributed by atoms with E-state index in [4.69, 9.17) is 0 Å². The van der Waals surface area contributed by atoms with E-state index in [1.54, 1.807) is 24.7 Å². The lowest BCUT2D eigenvalue weighted by molar-refractivity contribution is 0.586. The van der Waals surface area contributed by atoms with Crippen molar-refractivity contribution in [3.05, 3.63) is 84.8 Å². The van der Waals surface area contributed by atoms with Crippen molar-refractivity contribution in [2.75, 3.05) is 6.26 Å². The summed E-state index contributed by atoms with van der Waals surface area (Å²) in [5.41, 5.74) is 6.65. The lowest BCUT2D eigenvalue weighted by atomic mass is 10.0. The zero-order chi connectivity index (χ0) is 25.6. The van der Waals surface area contributed by atoms with Gasteiger partial charge in [0.15, 0.2) is 0 Å². The highest BCUT2D eigenvalue weighted by molar-refractivity contribution is 7.88. The number of hydrogen-bond acceptors (Lipinski definition) is 6. The predicted molar refractivity (Wildman–Crippen MR) is 139 cm³/mol. The van der Waals surface area contributed by atoms with Crippen molar-refractivity contribution in [3.63, 3.8) is 0 Å². The van der Waals surface area contributed by atoms with Gasteiger partial charge < -0.3 is 4.98 Å². The molecule has 2 aromatic carbocycles. The third-order valence-electron chi connectivity index (χ3n) is 6.03. The molecule has 6 rings (SSSR count). The summed E-state index contributed by atoms with van der Waals surface area (Å²) in [5, 5.41) is 9.32. The molecule has 11 heteroatoms. The number of rotatable bonds is 6. The molecule has 0 atom stereocenters. The maximum Gasteiger partial charge on any atom is 0.209 e. The summed E-state index contributed by atoms with van der Waals surface area (Å²) >= 11 is 0. The molecule has 0 amide bonds. The van der Waals surface area contributed by atoms with Gasteiger partial charge in [-0.15, -0.1) is 0 Å². The highest BCUT2D eigenvalue weighted by atomic mass is 32.2. The second-order valence-corrected chi connectivity index (χ2v) is 10.5. The maximum atomic E-state index is 14.5. The van der Waals surface area contributed by atoms with E-state index in [0.29, 0.717) is 16.8 Å². The molecule has 4 heterocycles. The van der Waals surface area contributed by atoms with Crippen molar-refractivity contribution < 1.29 is 12.8 Å². The Morgan fingerprint density at radius 3 is 2.51 bits per heavy atom. The molecule has 0 saturated heterocycles. The fourth-order valence-corrected chi connectivity index (χ4v) is 4.79. The van der Waals surface area contributed by atoms with Crippen LogP contribution in [-0.4, -0.2) is 44.8 Å². The molecule has 9 nitrogen and oxygen atoms in total. The molecule has 0 radical (unpaired) electrons. The van der Waals surface area contributed by atoms with E-state index in [1.165, 1.54) is 18.5 Å². The molecule has 0 aliphatic heterocycles. The standard InChI is InChI=1S/C26H20FN7O2S/c1-37(35,36)31-11-15-6-17(8-19(27)7-15)25-21-10-24(32-22(21)4-5-30-25)26-20-9-16(2-3-23(20)33-34-26)18-12-28-14-29-13-18/h2-10,12-14,31-32H,11H2,1H3,(H,33,34). The number of H-pyrrole nitrogens is 2. The monoisotopic (exact) mass is 513 g/mol. The molecule has 0 bridgehead atoms. The molecule has 0 aliphatic rings. The van der Waals surface area contributed by atoms with Gasteiger partial charge >= 0.3 is 0 Å². The number of benzene rings is 2. The van der Waals surface area contributed by atoms with Gasteiger partial charge in [0.25, 0.3) is 0 Å². The summed E-state index contributed by atoms with van der Waals surface area (Å²) in [5.74, 6) is -0.479. The van der Waals surface area contributed by atoms with E-state index in [-0.39, 0.29) is 6.54 Å². The third-order valence-corrected chi connectivity index (χ3v) is 6.70. The third kappa shape index (κ3) is 4.57. The maximum absolute atomic E-state index is 14.5. The van der Waals surface area contributed by atoms with Crippen LogP contribution in [0.2, 0.25) is 0 Å². The zero-order valence-corrected chi connectivity index (χ0v) is 20.3. The molecule has 0 saturated carbocycles. The van der Waals surface area contributed by atoms with Crippen molar-refractivity contribution in [2.24, 2.45) is 0 Å². The Hall–Kier alpha value is -4.48. The van der Waals surface area contributed by atoms with Crippen LogP contribution in [0, 0.1) is 5.82 Å². The molecule has 0 unspecified atom stereocenters. The number of aromatic amines is 2. The van der Waals surface area contributed by atoms with E-state index in [9.17, 15) is 12.8 Å². The van der Waals surface area contributed by atoms with E-state index in [0.717, 1.165) is 50.6 Å². The average molecular weight is 514 g/mol. The lowest BCUT2D eigenvalue weighted by Crippen LogP contribution is -2.21. The normalized spacial score (nSPS) is 11.9. The van der Waals surface area contributed by atoms with E-state index in [2.05, 4.69) is 34.9 Å². The topological polar surface area (TPSA) is 129 Å². The summed E-state index contributed by atoms with van der Waals surface area (Å²) in [6.07, 6.45) is 7.71. The van der Waals surface area contributed by atoms with Crippen molar-refractivity contribution in [3.8, 4) is 33.8 Å². The molecule has 6 aromatic rings. The van der Waals surface area contributed by atoms with Gasteiger partial charge in [0.1, 0.15) is 17.8 Å². The second kappa shape index (κ2) is 8.87. The minimum atomic E-state index is -3.42. The quantitative estimate of drug-likeness (QED) is 0.302. The van der Waals surface area contributed by atoms with Gasteiger partial charge in [0, 0.05) is 52.6 Å². The first-order valence-corrected chi connectivity index (χ1v) is 13.2. The molecular formula is C26H20FN7O2S. The fourth-order valence-electron chi connectivity index (χ4n) is 4.36. The number of aromatic nitrogens is 6. The van der Waals surface area contributed by atoms with Crippen LogP contribution >= 0.6 is 0 Å². The first kappa shape index (κ1) is 23.0. The highest BCUT2D eigenvalue weighted by Gasteiger charge is 2.16. The van der Waals surface area contributed by atoms with Crippen molar-refractivity contribution in [2.45, 2.75) is 6.54 Å². The number of nitrogens with one attached hydrogen (secondary N) is 3. The smallest absolute Gasteiger partial charge is 0.209 e. The zero-order valence-electron chi connectivity index (χ0n) is 19.5. The van der Waals surface area contributed by atoms with Crippen LogP contribution in [0.3, 0.4) is 0 Å². The van der Waals surface area contributed by atoms with Gasteiger partial charge in [-0.3, -0.25) is 10.1 Å². The molecule has 4 aromatic heterocycles. The SMILES string of the molecule is CS(=O)(=O)NCc1cc(F)cc(-c2nccc3[nH]c(-c4n[nH]c5ccc(-c6cncnc6)cc45)cc23)c1. The Morgan fingerprint density at radius 2 is 1.70 bits per heavy atom. The summed E-state index contributed by atoms with van der Waals surface area (Å²) in [4.78, 5) is 16.1. The van der Waals surface area contributed by atoms with Crippen molar-refractivity contribution >= 4 is 31.8 Å².